The molecule has 1 aromatic carbocycles. The maximum absolute atomic E-state index is 12.2. The third-order valence-corrected chi connectivity index (χ3v) is 3.58. The smallest absolute Gasteiger partial charge is 0.251 e. The van der Waals surface area contributed by atoms with Crippen LogP contribution in [0.1, 0.15) is 49.9 Å². The van der Waals surface area contributed by atoms with Crippen molar-refractivity contribution in [2.24, 2.45) is 5.73 Å². The largest absolute Gasteiger partial charge is 0.349 e. The van der Waals surface area contributed by atoms with E-state index in [-0.39, 0.29) is 24.2 Å². The average Bonchev–Trinajstić information content (AvgIpc) is 3.23. The summed E-state index contributed by atoms with van der Waals surface area (Å²) >= 11 is 0. The van der Waals surface area contributed by atoms with Gasteiger partial charge in [0, 0.05) is 17.3 Å². The third-order valence-electron chi connectivity index (χ3n) is 3.58. The van der Waals surface area contributed by atoms with Crippen molar-refractivity contribution >= 4 is 29.9 Å². The van der Waals surface area contributed by atoms with Gasteiger partial charge in [0.2, 0.25) is 5.91 Å². The van der Waals surface area contributed by atoms with Gasteiger partial charge < -0.3 is 16.4 Å². The van der Waals surface area contributed by atoms with E-state index in [0.717, 1.165) is 19.3 Å². The molecule has 0 aliphatic heterocycles. The Morgan fingerprint density at radius 2 is 2.05 bits per heavy atom. The molecule has 6 heteroatoms. The van der Waals surface area contributed by atoms with Crippen molar-refractivity contribution in [2.75, 3.05) is 5.32 Å². The van der Waals surface area contributed by atoms with E-state index in [9.17, 15) is 9.59 Å². The lowest BCUT2D eigenvalue weighted by molar-refractivity contribution is -0.120. The Morgan fingerprint density at radius 1 is 1.36 bits per heavy atom. The molecule has 1 fully saturated rings. The fraction of sp³-hybridized carbons (Fsp3) is 0.500. The molecule has 0 saturated heterocycles. The van der Waals surface area contributed by atoms with E-state index < -0.39 is 5.54 Å². The molecule has 0 bridgehead atoms. The minimum atomic E-state index is -0.902. The Labute approximate surface area is 137 Å². The second-order valence-electron chi connectivity index (χ2n) is 5.95. The van der Waals surface area contributed by atoms with E-state index >= 15 is 0 Å². The quantitative estimate of drug-likeness (QED) is 0.751. The van der Waals surface area contributed by atoms with E-state index in [2.05, 4.69) is 10.6 Å². The molecule has 1 aromatic rings. The average molecular weight is 326 g/mol. The second-order valence-corrected chi connectivity index (χ2v) is 5.95. The van der Waals surface area contributed by atoms with Gasteiger partial charge in [-0.05, 0) is 44.4 Å². The Hall–Kier alpha value is -1.59. The first-order valence-corrected chi connectivity index (χ1v) is 7.43. The predicted molar refractivity (Wildman–Crippen MR) is 90.3 cm³/mol. The summed E-state index contributed by atoms with van der Waals surface area (Å²) in [6.45, 7) is 3.71. The molecule has 4 N–H and O–H groups in total. The van der Waals surface area contributed by atoms with Crippen molar-refractivity contribution in [3.63, 3.8) is 0 Å². The van der Waals surface area contributed by atoms with Crippen molar-refractivity contribution in [3.8, 4) is 0 Å². The van der Waals surface area contributed by atoms with Gasteiger partial charge in [-0.25, -0.2) is 0 Å². The monoisotopic (exact) mass is 325 g/mol. The molecule has 1 atom stereocenters. The van der Waals surface area contributed by atoms with Gasteiger partial charge in [0.1, 0.15) is 0 Å². The molecule has 1 aliphatic rings. The number of carbonyl (C=O) groups excluding carboxylic acids is 2. The van der Waals surface area contributed by atoms with Gasteiger partial charge in [0.05, 0.1) is 5.54 Å². The van der Waals surface area contributed by atoms with Crippen molar-refractivity contribution in [2.45, 2.75) is 51.1 Å². The van der Waals surface area contributed by atoms with Crippen LogP contribution < -0.4 is 16.4 Å². The number of carbonyl (C=O) groups is 2. The van der Waals surface area contributed by atoms with Crippen LogP contribution in [0, 0.1) is 0 Å². The van der Waals surface area contributed by atoms with Crippen LogP contribution in [-0.2, 0) is 4.79 Å². The second kappa shape index (κ2) is 7.61. The van der Waals surface area contributed by atoms with E-state index in [1.54, 1.807) is 31.2 Å². The van der Waals surface area contributed by atoms with Crippen molar-refractivity contribution < 1.29 is 9.59 Å². The van der Waals surface area contributed by atoms with Gasteiger partial charge in [-0.15, -0.1) is 12.4 Å². The predicted octanol–water partition coefficient (Wildman–Crippen LogP) is 2.46. The first kappa shape index (κ1) is 18.5. The molecule has 0 aromatic heterocycles. The van der Waals surface area contributed by atoms with E-state index in [4.69, 9.17) is 5.73 Å². The van der Waals surface area contributed by atoms with E-state index in [1.165, 1.54) is 0 Å². The summed E-state index contributed by atoms with van der Waals surface area (Å²) in [5.74, 6) is -0.332. The van der Waals surface area contributed by atoms with Crippen LogP contribution in [0.2, 0.25) is 0 Å². The lowest BCUT2D eigenvalue weighted by atomic mass is 9.96. The highest BCUT2D eigenvalue weighted by molar-refractivity contribution is 6.00. The Kier molecular flexibility index (Phi) is 6.38. The van der Waals surface area contributed by atoms with Crippen LogP contribution >= 0.6 is 12.4 Å². The highest BCUT2D eigenvalue weighted by atomic mass is 35.5. The topological polar surface area (TPSA) is 84.2 Å². The summed E-state index contributed by atoms with van der Waals surface area (Å²) in [5, 5.41) is 5.71. The summed E-state index contributed by atoms with van der Waals surface area (Å²) in [7, 11) is 0. The lowest BCUT2D eigenvalue weighted by Gasteiger charge is -2.23. The van der Waals surface area contributed by atoms with Crippen LogP contribution in [0.3, 0.4) is 0 Å². The van der Waals surface area contributed by atoms with Crippen molar-refractivity contribution in [3.05, 3.63) is 29.8 Å². The molecule has 0 heterocycles. The van der Waals surface area contributed by atoms with Gasteiger partial charge in [0.15, 0.2) is 0 Å². The van der Waals surface area contributed by atoms with E-state index in [1.807, 2.05) is 6.92 Å². The summed E-state index contributed by atoms with van der Waals surface area (Å²) in [5.41, 5.74) is 6.24. The molecule has 122 valence electrons. The minimum absolute atomic E-state index is 0. The molecule has 2 amide bonds. The zero-order valence-electron chi connectivity index (χ0n) is 13.0. The molecule has 2 rings (SSSR count). The van der Waals surface area contributed by atoms with Crippen molar-refractivity contribution in [1.29, 1.82) is 0 Å². The molecule has 1 aliphatic carbocycles. The van der Waals surface area contributed by atoms with Gasteiger partial charge in [-0.2, -0.15) is 0 Å². The van der Waals surface area contributed by atoms with Crippen LogP contribution in [0.25, 0.3) is 0 Å². The fourth-order valence-electron chi connectivity index (χ4n) is 2.14. The fourth-order valence-corrected chi connectivity index (χ4v) is 2.14. The number of halogens is 1. The molecular formula is C16H24ClN3O2. The molecule has 5 nitrogen and oxygen atoms in total. The summed E-state index contributed by atoms with van der Waals surface area (Å²) < 4.78 is 0. The highest BCUT2D eigenvalue weighted by Crippen LogP contribution is 2.20. The summed E-state index contributed by atoms with van der Waals surface area (Å²) in [4.78, 5) is 24.1. The van der Waals surface area contributed by atoms with Crippen LogP contribution in [0.15, 0.2) is 24.3 Å². The van der Waals surface area contributed by atoms with Crippen LogP contribution in [-0.4, -0.2) is 23.4 Å². The maximum atomic E-state index is 12.2. The molecule has 22 heavy (non-hydrogen) atoms. The first-order valence-electron chi connectivity index (χ1n) is 7.43. The molecule has 0 radical (unpaired) electrons. The summed E-state index contributed by atoms with van der Waals surface area (Å²) in [6, 6.07) is 7.24. The Morgan fingerprint density at radius 3 is 2.64 bits per heavy atom. The SMILES string of the molecule is CCCC(C)(N)C(=O)Nc1cccc(C(=O)NC2CC2)c1.Cl. The highest BCUT2D eigenvalue weighted by Gasteiger charge is 2.27. The normalized spacial score (nSPS) is 16.1. The third kappa shape index (κ3) is 5.00. The van der Waals surface area contributed by atoms with Crippen LogP contribution in [0.5, 0.6) is 0 Å². The Balaban J connectivity index is 0.00000242. The summed E-state index contributed by atoms with van der Waals surface area (Å²) in [6.07, 6.45) is 3.54. The number of hydrogen-bond acceptors (Lipinski definition) is 3. The standard InChI is InChI=1S/C16H23N3O2.ClH/c1-3-9-16(2,17)15(21)19-13-6-4-5-11(10-13)14(20)18-12-7-8-12;/h4-6,10,12H,3,7-9,17H2,1-2H3,(H,18,20)(H,19,21);1H. The minimum Gasteiger partial charge on any atom is -0.349 e. The number of anilines is 1. The molecule has 0 spiro atoms. The number of amides is 2. The maximum Gasteiger partial charge on any atom is 0.251 e. The number of rotatable bonds is 6. The zero-order valence-corrected chi connectivity index (χ0v) is 13.8. The van der Waals surface area contributed by atoms with Crippen molar-refractivity contribution in [1.82, 2.24) is 5.32 Å². The molecule has 1 saturated carbocycles. The van der Waals surface area contributed by atoms with Gasteiger partial charge in [-0.3, -0.25) is 9.59 Å². The van der Waals surface area contributed by atoms with Gasteiger partial charge in [0.25, 0.3) is 5.91 Å². The zero-order chi connectivity index (χ0) is 15.5. The Bertz CT molecular complexity index is 542. The first-order chi connectivity index (χ1) is 9.92. The van der Waals surface area contributed by atoms with Crippen LogP contribution in [0.4, 0.5) is 5.69 Å². The van der Waals surface area contributed by atoms with Gasteiger partial charge in [-0.1, -0.05) is 19.4 Å². The lowest BCUT2D eigenvalue weighted by Crippen LogP contribution is -2.48. The molecule has 1 unspecified atom stereocenters. The number of hydrogen-bond donors (Lipinski definition) is 3. The number of nitrogens with two attached hydrogens (primary N) is 1. The number of nitrogens with one attached hydrogen (secondary N) is 2. The molecular weight excluding hydrogens is 302 g/mol. The number of benzene rings is 1. The van der Waals surface area contributed by atoms with E-state index in [0.29, 0.717) is 23.7 Å². The van der Waals surface area contributed by atoms with Gasteiger partial charge >= 0.3 is 0 Å².